The lowest BCUT2D eigenvalue weighted by Gasteiger charge is -2.19. The first-order valence-corrected chi connectivity index (χ1v) is 8.21. The second-order valence-corrected chi connectivity index (χ2v) is 6.45. The smallest absolute Gasteiger partial charge is 0.321 e. The number of rotatable bonds is 3. The third-order valence-corrected chi connectivity index (χ3v) is 4.39. The van der Waals surface area contributed by atoms with Gasteiger partial charge in [0.15, 0.2) is 0 Å². The molecule has 0 spiro atoms. The number of nitrogens with zero attached hydrogens (tertiary/aromatic N) is 3. The van der Waals surface area contributed by atoms with E-state index in [1.807, 2.05) is 41.4 Å². The number of hydrogen-bond acceptors (Lipinski definition) is 2. The summed E-state index contributed by atoms with van der Waals surface area (Å²) in [6.07, 6.45) is 2.90. The molecule has 1 aliphatic rings. The first-order chi connectivity index (χ1) is 11.1. The predicted octanol–water partition coefficient (Wildman–Crippen LogP) is 3.79. The van der Waals surface area contributed by atoms with Gasteiger partial charge in [0, 0.05) is 42.6 Å². The van der Waals surface area contributed by atoms with Gasteiger partial charge < -0.3 is 14.8 Å². The Morgan fingerprint density at radius 2 is 2.04 bits per heavy atom. The van der Waals surface area contributed by atoms with E-state index in [0.29, 0.717) is 12.0 Å². The molecule has 0 bridgehead atoms. The molecule has 3 rings (SSSR count). The number of carbonyl (C=O) groups excluding carboxylic acids is 1. The van der Waals surface area contributed by atoms with E-state index < -0.39 is 0 Å². The fourth-order valence-corrected chi connectivity index (χ4v) is 3.32. The summed E-state index contributed by atoms with van der Waals surface area (Å²) >= 11 is 0. The van der Waals surface area contributed by atoms with Gasteiger partial charge in [-0.3, -0.25) is 0 Å². The number of benzene rings is 1. The van der Waals surface area contributed by atoms with Crippen LogP contribution in [0.25, 0.3) is 0 Å². The van der Waals surface area contributed by atoms with Crippen molar-refractivity contribution in [1.29, 1.82) is 0 Å². The molecular formula is C18H24N4O. The number of aryl methyl sites for hydroxylation is 1. The molecule has 5 nitrogen and oxygen atoms in total. The quantitative estimate of drug-likeness (QED) is 0.937. The van der Waals surface area contributed by atoms with Crippen LogP contribution < -0.4 is 5.32 Å². The van der Waals surface area contributed by atoms with Crippen LogP contribution in [0.5, 0.6) is 0 Å². The molecular weight excluding hydrogens is 288 g/mol. The lowest BCUT2D eigenvalue weighted by molar-refractivity contribution is 0.222. The Morgan fingerprint density at radius 1 is 1.30 bits per heavy atom. The molecule has 2 heterocycles. The van der Waals surface area contributed by atoms with Crippen LogP contribution in [0.2, 0.25) is 0 Å². The first-order valence-electron chi connectivity index (χ1n) is 8.21. The summed E-state index contributed by atoms with van der Waals surface area (Å²) in [6.45, 7) is 7.93. The van der Waals surface area contributed by atoms with E-state index in [2.05, 4.69) is 35.6 Å². The van der Waals surface area contributed by atoms with Crippen LogP contribution >= 0.6 is 0 Å². The maximum absolute atomic E-state index is 12.4. The van der Waals surface area contributed by atoms with Crippen LogP contribution in [0.1, 0.15) is 43.7 Å². The highest BCUT2D eigenvalue weighted by molar-refractivity contribution is 5.89. The average molecular weight is 312 g/mol. The summed E-state index contributed by atoms with van der Waals surface area (Å²) < 4.78 is 2.28. The van der Waals surface area contributed by atoms with Gasteiger partial charge in [0.25, 0.3) is 0 Å². The van der Waals surface area contributed by atoms with Crippen molar-refractivity contribution < 1.29 is 4.79 Å². The third-order valence-electron chi connectivity index (χ3n) is 4.39. The van der Waals surface area contributed by atoms with E-state index in [0.717, 1.165) is 31.0 Å². The molecule has 1 aromatic carbocycles. The van der Waals surface area contributed by atoms with Gasteiger partial charge in [-0.05, 0) is 39.3 Å². The number of carbonyl (C=O) groups is 1. The lowest BCUT2D eigenvalue weighted by atomic mass is 10.1. The van der Waals surface area contributed by atoms with Crippen molar-refractivity contribution >= 4 is 11.7 Å². The number of nitrogens with one attached hydrogen (secondary N) is 1. The minimum atomic E-state index is -0.0296. The van der Waals surface area contributed by atoms with Crippen molar-refractivity contribution in [1.82, 2.24) is 14.5 Å². The fraction of sp³-hybridized carbons (Fsp3) is 0.444. The van der Waals surface area contributed by atoms with Crippen molar-refractivity contribution in [2.24, 2.45) is 0 Å². The summed E-state index contributed by atoms with van der Waals surface area (Å²) in [5.74, 6) is 1.42. The maximum atomic E-state index is 12.4. The number of amides is 2. The number of para-hydroxylation sites is 1. The van der Waals surface area contributed by atoms with Crippen molar-refractivity contribution in [3.63, 3.8) is 0 Å². The summed E-state index contributed by atoms with van der Waals surface area (Å²) in [6, 6.07) is 9.95. The third kappa shape index (κ3) is 3.23. The van der Waals surface area contributed by atoms with Gasteiger partial charge in [0.05, 0.1) is 0 Å². The van der Waals surface area contributed by atoms with Crippen molar-refractivity contribution in [2.75, 3.05) is 18.4 Å². The lowest BCUT2D eigenvalue weighted by Crippen LogP contribution is -2.33. The van der Waals surface area contributed by atoms with E-state index in [9.17, 15) is 4.79 Å². The second-order valence-electron chi connectivity index (χ2n) is 6.45. The minimum Gasteiger partial charge on any atom is -0.330 e. The number of anilines is 1. The summed E-state index contributed by atoms with van der Waals surface area (Å²) in [4.78, 5) is 18.9. The molecule has 23 heavy (non-hydrogen) atoms. The van der Waals surface area contributed by atoms with Crippen LogP contribution in [-0.2, 0) is 0 Å². The van der Waals surface area contributed by atoms with Gasteiger partial charge in [0.2, 0.25) is 0 Å². The zero-order valence-corrected chi connectivity index (χ0v) is 14.0. The second kappa shape index (κ2) is 6.44. The Hall–Kier alpha value is -2.30. The predicted molar refractivity (Wildman–Crippen MR) is 91.7 cm³/mol. The highest BCUT2D eigenvalue weighted by atomic mass is 16.2. The number of aromatic nitrogens is 2. The molecule has 1 saturated heterocycles. The van der Waals surface area contributed by atoms with Crippen LogP contribution in [0, 0.1) is 6.92 Å². The number of imidazole rings is 1. The Labute approximate surface area is 137 Å². The van der Waals surface area contributed by atoms with Gasteiger partial charge in [0.1, 0.15) is 5.82 Å². The van der Waals surface area contributed by atoms with Gasteiger partial charge >= 0.3 is 6.03 Å². The molecule has 2 aromatic rings. The molecule has 0 aliphatic carbocycles. The normalized spacial score (nSPS) is 17.7. The Bertz CT molecular complexity index is 678. The van der Waals surface area contributed by atoms with Crippen LogP contribution in [0.15, 0.2) is 36.5 Å². The Morgan fingerprint density at radius 3 is 2.74 bits per heavy atom. The summed E-state index contributed by atoms with van der Waals surface area (Å²) in [5, 5.41) is 2.96. The largest absolute Gasteiger partial charge is 0.330 e. The molecule has 1 fully saturated rings. The van der Waals surface area contributed by atoms with Crippen LogP contribution in [-0.4, -0.2) is 33.6 Å². The number of hydrogen-bond donors (Lipinski definition) is 1. The standard InChI is InChI=1S/C18H24N4O/c1-13(2)22-14(3)11-19-17(22)15-9-10-21(12-15)18(23)20-16-7-5-4-6-8-16/h4-8,11,13,15H,9-10,12H2,1-3H3,(H,20,23). The minimum absolute atomic E-state index is 0.0296. The van der Waals surface area contributed by atoms with Crippen molar-refractivity contribution in [2.45, 2.75) is 39.2 Å². The molecule has 1 atom stereocenters. The molecule has 5 heteroatoms. The number of likely N-dealkylation sites (tertiary alicyclic amines) is 1. The molecule has 1 aromatic heterocycles. The molecule has 1 aliphatic heterocycles. The van der Waals surface area contributed by atoms with Crippen LogP contribution in [0.3, 0.4) is 0 Å². The SMILES string of the molecule is Cc1cnc(C2CCN(C(=O)Nc3ccccc3)C2)n1C(C)C. The molecule has 1 unspecified atom stereocenters. The average Bonchev–Trinajstić information content (AvgIpc) is 3.14. The summed E-state index contributed by atoms with van der Waals surface area (Å²) in [5.41, 5.74) is 2.02. The molecule has 2 amide bonds. The summed E-state index contributed by atoms with van der Waals surface area (Å²) in [7, 11) is 0. The zero-order chi connectivity index (χ0) is 16.4. The van der Waals surface area contributed by atoms with Gasteiger partial charge in [-0.15, -0.1) is 0 Å². The van der Waals surface area contributed by atoms with E-state index in [4.69, 9.17) is 0 Å². The number of urea groups is 1. The van der Waals surface area contributed by atoms with Gasteiger partial charge in [-0.25, -0.2) is 9.78 Å². The first kappa shape index (κ1) is 15.6. The Kier molecular flexibility index (Phi) is 4.37. The maximum Gasteiger partial charge on any atom is 0.321 e. The highest BCUT2D eigenvalue weighted by Crippen LogP contribution is 2.29. The fourth-order valence-electron chi connectivity index (χ4n) is 3.32. The molecule has 1 N–H and O–H groups in total. The topological polar surface area (TPSA) is 50.2 Å². The Balaban J connectivity index is 1.68. The van der Waals surface area contributed by atoms with E-state index in [-0.39, 0.29) is 6.03 Å². The van der Waals surface area contributed by atoms with Crippen molar-refractivity contribution in [3.8, 4) is 0 Å². The monoisotopic (exact) mass is 312 g/mol. The van der Waals surface area contributed by atoms with Crippen molar-refractivity contribution in [3.05, 3.63) is 48.0 Å². The van der Waals surface area contributed by atoms with E-state index in [1.54, 1.807) is 0 Å². The van der Waals surface area contributed by atoms with E-state index in [1.165, 1.54) is 5.69 Å². The van der Waals surface area contributed by atoms with Gasteiger partial charge in [-0.2, -0.15) is 0 Å². The van der Waals surface area contributed by atoms with E-state index >= 15 is 0 Å². The molecule has 122 valence electrons. The van der Waals surface area contributed by atoms with Crippen LogP contribution in [0.4, 0.5) is 10.5 Å². The molecule has 0 radical (unpaired) electrons. The zero-order valence-electron chi connectivity index (χ0n) is 14.0. The highest BCUT2D eigenvalue weighted by Gasteiger charge is 2.30. The molecule has 0 saturated carbocycles. The van der Waals surface area contributed by atoms with Gasteiger partial charge in [-0.1, -0.05) is 18.2 Å².